The number of aromatic nitrogens is 1. The van der Waals surface area contributed by atoms with Crippen LogP contribution in [0.2, 0.25) is 5.02 Å². The van der Waals surface area contributed by atoms with Crippen molar-refractivity contribution in [3.8, 4) is 5.88 Å². The minimum absolute atomic E-state index is 0. The molecule has 0 fully saturated rings. The van der Waals surface area contributed by atoms with E-state index in [-0.39, 0.29) is 24.0 Å². The summed E-state index contributed by atoms with van der Waals surface area (Å²) >= 11 is 5.99. The molecule has 0 aliphatic carbocycles. The Labute approximate surface area is 165 Å². The average molecular weight is 461 g/mol. The monoisotopic (exact) mass is 460 g/mol. The molecular weight excluding hydrogens is 439 g/mol. The van der Waals surface area contributed by atoms with E-state index in [0.29, 0.717) is 30.6 Å². The third-order valence-corrected chi connectivity index (χ3v) is 3.31. The summed E-state index contributed by atoms with van der Waals surface area (Å²) in [6, 6.07) is 13.7. The van der Waals surface area contributed by atoms with Crippen molar-refractivity contribution in [3.63, 3.8) is 0 Å². The first-order chi connectivity index (χ1) is 11.2. The predicted molar refractivity (Wildman–Crippen MR) is 109 cm³/mol. The Morgan fingerprint density at radius 2 is 1.96 bits per heavy atom. The first-order valence-corrected chi connectivity index (χ1v) is 7.77. The highest BCUT2D eigenvalue weighted by molar-refractivity contribution is 14.0. The lowest BCUT2D eigenvalue weighted by molar-refractivity contribution is 0.308. The van der Waals surface area contributed by atoms with Gasteiger partial charge in [-0.2, -0.15) is 0 Å². The Hall–Kier alpha value is -1.54. The van der Waals surface area contributed by atoms with Crippen molar-refractivity contribution in [1.29, 1.82) is 0 Å². The van der Waals surface area contributed by atoms with Gasteiger partial charge in [-0.05, 0) is 17.7 Å². The summed E-state index contributed by atoms with van der Waals surface area (Å²) in [5.41, 5.74) is 1.17. The molecule has 0 atom stereocenters. The number of ether oxygens (including phenoxy) is 1. The molecule has 0 bridgehead atoms. The van der Waals surface area contributed by atoms with Crippen LogP contribution in [0, 0.1) is 0 Å². The van der Waals surface area contributed by atoms with Crippen LogP contribution < -0.4 is 10.1 Å². The third-order valence-electron chi connectivity index (χ3n) is 3.03. The molecule has 1 N–H and O–H groups in total. The SMILES string of the molecule is CN(C)C(=NCc1ccccc1)NCCOc1ncccc1Cl.I. The van der Waals surface area contributed by atoms with Crippen LogP contribution in [0.5, 0.6) is 5.88 Å². The van der Waals surface area contributed by atoms with Crippen LogP contribution in [0.15, 0.2) is 53.7 Å². The van der Waals surface area contributed by atoms with Gasteiger partial charge in [-0.25, -0.2) is 9.98 Å². The molecule has 5 nitrogen and oxygen atoms in total. The van der Waals surface area contributed by atoms with Crippen LogP contribution >= 0.6 is 35.6 Å². The molecule has 0 amide bonds. The van der Waals surface area contributed by atoms with Crippen molar-refractivity contribution in [2.45, 2.75) is 6.54 Å². The standard InChI is InChI=1S/C17H21ClN4O.HI/c1-22(2)17(21-13-14-7-4-3-5-8-14)20-11-12-23-16-15(18)9-6-10-19-16;/h3-10H,11-13H2,1-2H3,(H,20,21);1H. The second kappa shape index (κ2) is 11.1. The molecular formula is C17H22ClIN4O. The minimum Gasteiger partial charge on any atom is -0.475 e. The largest absolute Gasteiger partial charge is 0.475 e. The van der Waals surface area contributed by atoms with E-state index in [1.165, 1.54) is 5.56 Å². The molecule has 2 aromatic rings. The van der Waals surface area contributed by atoms with E-state index >= 15 is 0 Å². The zero-order valence-electron chi connectivity index (χ0n) is 13.8. The molecule has 7 heteroatoms. The maximum Gasteiger partial charge on any atom is 0.232 e. The number of benzene rings is 1. The molecule has 0 aliphatic rings. The summed E-state index contributed by atoms with van der Waals surface area (Å²) in [5, 5.41) is 3.77. The van der Waals surface area contributed by atoms with Crippen molar-refractivity contribution >= 4 is 41.5 Å². The topological polar surface area (TPSA) is 49.8 Å². The number of halogens is 2. The second-order valence-electron chi connectivity index (χ2n) is 5.09. The summed E-state index contributed by atoms with van der Waals surface area (Å²) in [4.78, 5) is 10.6. The maximum atomic E-state index is 5.99. The van der Waals surface area contributed by atoms with E-state index in [4.69, 9.17) is 16.3 Å². The van der Waals surface area contributed by atoms with Crippen LogP contribution in [0.25, 0.3) is 0 Å². The number of hydrogen-bond acceptors (Lipinski definition) is 3. The van der Waals surface area contributed by atoms with E-state index in [1.54, 1.807) is 18.3 Å². The van der Waals surface area contributed by atoms with Gasteiger partial charge in [0.2, 0.25) is 5.88 Å². The van der Waals surface area contributed by atoms with Crippen LogP contribution in [0.1, 0.15) is 5.56 Å². The number of nitrogens with zero attached hydrogens (tertiary/aromatic N) is 3. The van der Waals surface area contributed by atoms with Crippen molar-refractivity contribution in [3.05, 3.63) is 59.2 Å². The first kappa shape index (κ1) is 20.5. The zero-order valence-corrected chi connectivity index (χ0v) is 16.9. The smallest absolute Gasteiger partial charge is 0.232 e. The summed E-state index contributed by atoms with van der Waals surface area (Å²) in [6.45, 7) is 1.70. The van der Waals surface area contributed by atoms with Gasteiger partial charge < -0.3 is 15.0 Å². The number of pyridine rings is 1. The highest BCUT2D eigenvalue weighted by atomic mass is 127. The highest BCUT2D eigenvalue weighted by Crippen LogP contribution is 2.19. The lowest BCUT2D eigenvalue weighted by Gasteiger charge is -2.17. The third kappa shape index (κ3) is 6.92. The lowest BCUT2D eigenvalue weighted by atomic mass is 10.2. The second-order valence-corrected chi connectivity index (χ2v) is 5.49. The van der Waals surface area contributed by atoms with Crippen LogP contribution in [-0.4, -0.2) is 43.1 Å². The highest BCUT2D eigenvalue weighted by Gasteiger charge is 2.03. The molecule has 0 spiro atoms. The van der Waals surface area contributed by atoms with E-state index < -0.39 is 0 Å². The van der Waals surface area contributed by atoms with E-state index in [2.05, 4.69) is 27.4 Å². The van der Waals surface area contributed by atoms with Gasteiger partial charge >= 0.3 is 0 Å². The molecule has 130 valence electrons. The zero-order chi connectivity index (χ0) is 16.5. The molecule has 0 radical (unpaired) electrons. The van der Waals surface area contributed by atoms with E-state index in [1.807, 2.05) is 37.2 Å². The molecule has 0 aliphatic heterocycles. The number of guanidine groups is 1. The number of hydrogen-bond donors (Lipinski definition) is 1. The fourth-order valence-electron chi connectivity index (χ4n) is 1.89. The Balaban J connectivity index is 0.00000288. The van der Waals surface area contributed by atoms with Gasteiger partial charge in [0.15, 0.2) is 5.96 Å². The predicted octanol–water partition coefficient (Wildman–Crippen LogP) is 3.44. The molecule has 0 saturated heterocycles. The molecule has 0 unspecified atom stereocenters. The Kier molecular flexibility index (Phi) is 9.48. The molecule has 1 aromatic carbocycles. The Morgan fingerprint density at radius 3 is 2.62 bits per heavy atom. The summed E-state index contributed by atoms with van der Waals surface area (Å²) in [7, 11) is 3.90. The van der Waals surface area contributed by atoms with E-state index in [0.717, 1.165) is 5.96 Å². The molecule has 24 heavy (non-hydrogen) atoms. The van der Waals surface area contributed by atoms with Gasteiger partial charge in [0.25, 0.3) is 0 Å². The molecule has 2 rings (SSSR count). The number of aliphatic imine (C=N–C) groups is 1. The van der Waals surface area contributed by atoms with Crippen molar-refractivity contribution < 1.29 is 4.74 Å². The Bertz CT molecular complexity index is 637. The fourth-order valence-corrected chi connectivity index (χ4v) is 2.07. The first-order valence-electron chi connectivity index (χ1n) is 7.39. The minimum atomic E-state index is 0. The van der Waals surface area contributed by atoms with Crippen molar-refractivity contribution in [2.75, 3.05) is 27.2 Å². The normalized spacial score (nSPS) is 10.7. The van der Waals surface area contributed by atoms with Gasteiger partial charge in [-0.3, -0.25) is 0 Å². The average Bonchev–Trinajstić information content (AvgIpc) is 2.56. The van der Waals surface area contributed by atoms with Gasteiger partial charge in [-0.1, -0.05) is 41.9 Å². The van der Waals surface area contributed by atoms with Crippen LogP contribution in [0.3, 0.4) is 0 Å². The summed E-state index contributed by atoms with van der Waals surface area (Å²) in [6.07, 6.45) is 1.65. The van der Waals surface area contributed by atoms with Crippen LogP contribution in [0.4, 0.5) is 0 Å². The maximum absolute atomic E-state index is 5.99. The van der Waals surface area contributed by atoms with Crippen molar-refractivity contribution in [1.82, 2.24) is 15.2 Å². The van der Waals surface area contributed by atoms with Crippen LogP contribution in [-0.2, 0) is 6.54 Å². The summed E-state index contributed by atoms with van der Waals surface area (Å²) in [5.74, 6) is 1.26. The summed E-state index contributed by atoms with van der Waals surface area (Å²) < 4.78 is 5.55. The van der Waals surface area contributed by atoms with E-state index in [9.17, 15) is 0 Å². The van der Waals surface area contributed by atoms with Gasteiger partial charge in [0.05, 0.1) is 13.1 Å². The number of nitrogens with one attached hydrogen (secondary N) is 1. The van der Waals surface area contributed by atoms with Crippen molar-refractivity contribution in [2.24, 2.45) is 4.99 Å². The Morgan fingerprint density at radius 1 is 1.21 bits per heavy atom. The molecule has 0 saturated carbocycles. The fraction of sp³-hybridized carbons (Fsp3) is 0.294. The molecule has 1 aromatic heterocycles. The van der Waals surface area contributed by atoms with Gasteiger partial charge in [-0.15, -0.1) is 24.0 Å². The lowest BCUT2D eigenvalue weighted by Crippen LogP contribution is -2.38. The van der Waals surface area contributed by atoms with Gasteiger partial charge in [0.1, 0.15) is 11.6 Å². The van der Waals surface area contributed by atoms with Gasteiger partial charge in [0, 0.05) is 20.3 Å². The quantitative estimate of drug-likeness (QED) is 0.311. The molecule has 1 heterocycles. The number of rotatable bonds is 6.